The van der Waals surface area contributed by atoms with E-state index in [9.17, 15) is 4.79 Å². The van der Waals surface area contributed by atoms with E-state index in [1.165, 1.54) is 0 Å². The van der Waals surface area contributed by atoms with E-state index in [0.29, 0.717) is 17.1 Å². The minimum absolute atomic E-state index is 0.0649. The van der Waals surface area contributed by atoms with Gasteiger partial charge in [-0.3, -0.25) is 0 Å². The Labute approximate surface area is 99.6 Å². The number of aliphatic hydroxyl groups excluding tert-OH is 1. The Bertz CT molecular complexity index is 336. The number of hydrogen-bond donors (Lipinski definition) is 3. The lowest BCUT2D eigenvalue weighted by molar-refractivity contribution is 0.222. The van der Waals surface area contributed by atoms with Gasteiger partial charge in [-0.05, 0) is 30.7 Å². The second-order valence-corrected chi connectivity index (χ2v) is 3.83. The first-order valence-electron chi connectivity index (χ1n) is 5.09. The van der Waals surface area contributed by atoms with Gasteiger partial charge in [0.25, 0.3) is 0 Å². The highest BCUT2D eigenvalue weighted by atomic mass is 35.5. The van der Waals surface area contributed by atoms with Crippen molar-refractivity contribution < 1.29 is 9.90 Å². The van der Waals surface area contributed by atoms with Crippen LogP contribution in [0.5, 0.6) is 0 Å². The van der Waals surface area contributed by atoms with Gasteiger partial charge in [0.2, 0.25) is 0 Å². The molecule has 0 saturated heterocycles. The smallest absolute Gasteiger partial charge is 0.319 e. The van der Waals surface area contributed by atoms with Crippen LogP contribution in [-0.4, -0.2) is 23.8 Å². The standard InChI is InChI=1S/C11H15ClN2O2/c1-2-9(7-15)13-11(16)14-10-5-3-8(12)4-6-10/h3-6,9,15H,2,7H2,1H3,(H2,13,14,16)/t9-/m1/s1. The molecule has 4 nitrogen and oxygen atoms in total. The highest BCUT2D eigenvalue weighted by Crippen LogP contribution is 2.13. The van der Waals surface area contributed by atoms with Crippen LogP contribution < -0.4 is 10.6 Å². The molecule has 0 radical (unpaired) electrons. The van der Waals surface area contributed by atoms with E-state index in [1.54, 1.807) is 24.3 Å². The molecule has 5 heteroatoms. The monoisotopic (exact) mass is 242 g/mol. The number of carbonyl (C=O) groups excluding carboxylic acids is 1. The molecule has 0 saturated carbocycles. The van der Waals surface area contributed by atoms with Crippen LogP contribution in [0.1, 0.15) is 13.3 Å². The lowest BCUT2D eigenvalue weighted by Crippen LogP contribution is -2.39. The van der Waals surface area contributed by atoms with Crippen molar-refractivity contribution in [3.63, 3.8) is 0 Å². The summed E-state index contributed by atoms with van der Waals surface area (Å²) in [6.45, 7) is 1.83. The van der Waals surface area contributed by atoms with Crippen molar-refractivity contribution in [3.05, 3.63) is 29.3 Å². The average Bonchev–Trinajstić information content (AvgIpc) is 2.29. The Hall–Kier alpha value is -1.26. The number of anilines is 1. The molecule has 16 heavy (non-hydrogen) atoms. The van der Waals surface area contributed by atoms with Crippen LogP contribution in [0.15, 0.2) is 24.3 Å². The van der Waals surface area contributed by atoms with Crippen LogP contribution in [0.4, 0.5) is 10.5 Å². The first-order chi connectivity index (χ1) is 7.65. The van der Waals surface area contributed by atoms with Crippen molar-refractivity contribution in [2.75, 3.05) is 11.9 Å². The number of rotatable bonds is 4. The van der Waals surface area contributed by atoms with E-state index in [1.807, 2.05) is 6.92 Å². The van der Waals surface area contributed by atoms with Gasteiger partial charge in [-0.25, -0.2) is 4.79 Å². The summed E-state index contributed by atoms with van der Waals surface area (Å²) in [5.41, 5.74) is 0.662. The van der Waals surface area contributed by atoms with Crippen molar-refractivity contribution in [2.45, 2.75) is 19.4 Å². The van der Waals surface area contributed by atoms with Gasteiger partial charge in [0.05, 0.1) is 12.6 Å². The predicted molar refractivity (Wildman–Crippen MR) is 64.8 cm³/mol. The fourth-order valence-electron chi connectivity index (χ4n) is 1.16. The molecule has 2 amide bonds. The lowest BCUT2D eigenvalue weighted by Gasteiger charge is -2.14. The van der Waals surface area contributed by atoms with Crippen LogP contribution in [0.25, 0.3) is 0 Å². The van der Waals surface area contributed by atoms with Gasteiger partial charge in [-0.2, -0.15) is 0 Å². The first kappa shape index (κ1) is 12.8. The Kier molecular flexibility index (Phi) is 5.08. The van der Waals surface area contributed by atoms with Crippen LogP contribution in [-0.2, 0) is 0 Å². The van der Waals surface area contributed by atoms with Gasteiger partial charge in [0, 0.05) is 10.7 Å². The largest absolute Gasteiger partial charge is 0.394 e. The second kappa shape index (κ2) is 6.35. The van der Waals surface area contributed by atoms with E-state index in [0.717, 1.165) is 0 Å². The van der Waals surface area contributed by atoms with E-state index >= 15 is 0 Å². The zero-order valence-corrected chi connectivity index (χ0v) is 9.79. The van der Waals surface area contributed by atoms with E-state index in [2.05, 4.69) is 10.6 Å². The van der Waals surface area contributed by atoms with Crippen molar-refractivity contribution in [3.8, 4) is 0 Å². The van der Waals surface area contributed by atoms with Crippen LogP contribution in [0.2, 0.25) is 5.02 Å². The van der Waals surface area contributed by atoms with Crippen molar-refractivity contribution in [2.24, 2.45) is 0 Å². The van der Waals surface area contributed by atoms with Crippen molar-refractivity contribution >= 4 is 23.3 Å². The predicted octanol–water partition coefficient (Wildman–Crippen LogP) is 2.23. The molecule has 1 atom stereocenters. The molecule has 0 heterocycles. The van der Waals surface area contributed by atoms with Crippen molar-refractivity contribution in [1.29, 1.82) is 0 Å². The number of urea groups is 1. The third kappa shape index (κ3) is 4.08. The molecule has 0 fully saturated rings. The topological polar surface area (TPSA) is 61.4 Å². The van der Waals surface area contributed by atoms with Crippen LogP contribution >= 0.6 is 11.6 Å². The molecule has 0 aliphatic rings. The Morgan fingerprint density at radius 3 is 2.56 bits per heavy atom. The molecular weight excluding hydrogens is 228 g/mol. The summed E-state index contributed by atoms with van der Waals surface area (Å²) in [6.07, 6.45) is 0.685. The highest BCUT2D eigenvalue weighted by Gasteiger charge is 2.08. The Morgan fingerprint density at radius 2 is 2.06 bits per heavy atom. The SMILES string of the molecule is CC[C@H](CO)NC(=O)Nc1ccc(Cl)cc1. The maximum absolute atomic E-state index is 11.5. The molecule has 1 rings (SSSR count). The quantitative estimate of drug-likeness (QED) is 0.758. The fourth-order valence-corrected chi connectivity index (χ4v) is 1.29. The molecule has 0 aromatic heterocycles. The van der Waals surface area contributed by atoms with E-state index < -0.39 is 0 Å². The second-order valence-electron chi connectivity index (χ2n) is 3.39. The molecule has 0 bridgehead atoms. The summed E-state index contributed by atoms with van der Waals surface area (Å²) in [5, 5.41) is 14.8. The number of amides is 2. The molecule has 0 aliphatic heterocycles. The number of nitrogens with one attached hydrogen (secondary N) is 2. The van der Waals surface area contributed by atoms with E-state index in [-0.39, 0.29) is 18.7 Å². The number of hydrogen-bond acceptors (Lipinski definition) is 2. The van der Waals surface area contributed by atoms with Gasteiger partial charge in [0.15, 0.2) is 0 Å². The van der Waals surface area contributed by atoms with Gasteiger partial charge in [0.1, 0.15) is 0 Å². The normalized spacial score (nSPS) is 11.9. The highest BCUT2D eigenvalue weighted by molar-refractivity contribution is 6.30. The van der Waals surface area contributed by atoms with Gasteiger partial charge in [-0.1, -0.05) is 18.5 Å². The zero-order chi connectivity index (χ0) is 12.0. The molecule has 0 unspecified atom stereocenters. The summed E-state index contributed by atoms with van der Waals surface area (Å²) in [6, 6.07) is 6.26. The molecule has 1 aromatic carbocycles. The molecule has 0 spiro atoms. The zero-order valence-electron chi connectivity index (χ0n) is 9.03. The third-order valence-corrected chi connectivity index (χ3v) is 2.40. The van der Waals surface area contributed by atoms with Crippen LogP contribution in [0, 0.1) is 0 Å². The summed E-state index contributed by atoms with van der Waals surface area (Å²) < 4.78 is 0. The van der Waals surface area contributed by atoms with Crippen molar-refractivity contribution in [1.82, 2.24) is 5.32 Å². The maximum Gasteiger partial charge on any atom is 0.319 e. The summed E-state index contributed by atoms with van der Waals surface area (Å²) in [4.78, 5) is 11.5. The molecular formula is C11H15ClN2O2. The molecule has 0 aliphatic carbocycles. The minimum Gasteiger partial charge on any atom is -0.394 e. The number of carbonyl (C=O) groups is 1. The maximum atomic E-state index is 11.5. The number of benzene rings is 1. The van der Waals surface area contributed by atoms with E-state index in [4.69, 9.17) is 16.7 Å². The van der Waals surface area contributed by atoms with Gasteiger partial charge >= 0.3 is 6.03 Å². The summed E-state index contributed by atoms with van der Waals surface area (Å²) >= 11 is 5.72. The number of aliphatic hydroxyl groups is 1. The Morgan fingerprint density at radius 1 is 1.44 bits per heavy atom. The number of halogens is 1. The molecule has 3 N–H and O–H groups in total. The van der Waals surface area contributed by atoms with Gasteiger partial charge in [-0.15, -0.1) is 0 Å². The summed E-state index contributed by atoms with van der Waals surface area (Å²) in [7, 11) is 0. The first-order valence-corrected chi connectivity index (χ1v) is 5.47. The fraction of sp³-hybridized carbons (Fsp3) is 0.364. The molecule has 1 aromatic rings. The minimum atomic E-state index is -0.330. The summed E-state index contributed by atoms with van der Waals surface area (Å²) in [5.74, 6) is 0. The van der Waals surface area contributed by atoms with Crippen LogP contribution in [0.3, 0.4) is 0 Å². The Balaban J connectivity index is 2.48. The van der Waals surface area contributed by atoms with Gasteiger partial charge < -0.3 is 15.7 Å². The molecule has 88 valence electrons. The third-order valence-electron chi connectivity index (χ3n) is 2.15. The average molecular weight is 243 g/mol. The lowest BCUT2D eigenvalue weighted by atomic mass is 10.2.